The number of nitrogens with two attached hydrogens (primary N) is 1. The zero-order valence-electron chi connectivity index (χ0n) is 9.27. The summed E-state index contributed by atoms with van der Waals surface area (Å²) in [4.78, 5) is 0. The summed E-state index contributed by atoms with van der Waals surface area (Å²) in [6.45, 7) is 0.584. The first kappa shape index (κ1) is 13.8. The van der Waals surface area contributed by atoms with E-state index >= 15 is 0 Å². The van der Waals surface area contributed by atoms with Crippen molar-refractivity contribution in [1.82, 2.24) is 4.72 Å². The number of hydrogen-bond acceptors (Lipinski definition) is 3. The minimum atomic E-state index is -3.39. The summed E-state index contributed by atoms with van der Waals surface area (Å²) >= 11 is 0. The molecule has 0 aliphatic rings. The van der Waals surface area contributed by atoms with Crippen molar-refractivity contribution < 1.29 is 12.8 Å². The number of rotatable bonds is 6. The van der Waals surface area contributed by atoms with Crippen LogP contribution in [0.3, 0.4) is 0 Å². The van der Waals surface area contributed by atoms with Crippen molar-refractivity contribution >= 4 is 10.0 Å². The van der Waals surface area contributed by atoms with E-state index in [0.29, 0.717) is 12.1 Å². The molecule has 0 amide bonds. The predicted octanol–water partition coefficient (Wildman–Crippen LogP) is 0.760. The van der Waals surface area contributed by atoms with Crippen LogP contribution in [0.1, 0.15) is 5.56 Å². The van der Waals surface area contributed by atoms with Gasteiger partial charge in [0.2, 0.25) is 10.0 Å². The number of halogens is 1. The Bertz CT molecular complexity index is 469. The van der Waals surface area contributed by atoms with Crippen LogP contribution < -0.4 is 10.5 Å². The second-order valence-corrected chi connectivity index (χ2v) is 5.25. The van der Waals surface area contributed by atoms with Crippen LogP contribution >= 0.6 is 0 Å². The normalized spacial score (nSPS) is 12.1. The Labute approximate surface area is 100 Å². The number of benzene rings is 1. The van der Waals surface area contributed by atoms with Crippen molar-refractivity contribution in [2.24, 2.45) is 5.73 Å². The summed E-state index contributed by atoms with van der Waals surface area (Å²) in [5.74, 6) is -0.547. The number of sulfonamides is 1. The Morgan fingerprint density at radius 2 is 1.88 bits per heavy atom. The molecule has 0 bridgehead atoms. The van der Waals surface area contributed by atoms with E-state index in [1.54, 1.807) is 12.2 Å². The Balaban J connectivity index is 2.54. The van der Waals surface area contributed by atoms with Gasteiger partial charge in [-0.15, -0.1) is 0 Å². The maximum atomic E-state index is 12.6. The van der Waals surface area contributed by atoms with Gasteiger partial charge in [0.05, 0.1) is 5.75 Å². The van der Waals surface area contributed by atoms with Crippen molar-refractivity contribution in [1.29, 1.82) is 0 Å². The Morgan fingerprint density at radius 1 is 1.24 bits per heavy atom. The van der Waals surface area contributed by atoms with Gasteiger partial charge in [-0.1, -0.05) is 24.3 Å². The zero-order valence-corrected chi connectivity index (χ0v) is 10.1. The lowest BCUT2D eigenvalue weighted by Crippen LogP contribution is -2.25. The maximum absolute atomic E-state index is 12.6. The number of hydrogen-bond donors (Lipinski definition) is 2. The van der Waals surface area contributed by atoms with Crippen LogP contribution in [-0.2, 0) is 15.8 Å². The molecule has 1 aromatic rings. The third kappa shape index (κ3) is 5.58. The summed E-state index contributed by atoms with van der Waals surface area (Å²) in [5, 5.41) is 0. The Hall–Kier alpha value is -1.24. The van der Waals surface area contributed by atoms with Gasteiger partial charge in [-0.2, -0.15) is 0 Å². The number of nitrogens with one attached hydrogen (secondary N) is 1. The van der Waals surface area contributed by atoms with Gasteiger partial charge < -0.3 is 5.73 Å². The van der Waals surface area contributed by atoms with Gasteiger partial charge in [0, 0.05) is 13.1 Å². The van der Waals surface area contributed by atoms with Crippen molar-refractivity contribution in [3.8, 4) is 0 Å². The van der Waals surface area contributed by atoms with E-state index in [9.17, 15) is 12.8 Å². The second kappa shape index (κ2) is 6.48. The molecule has 3 N–H and O–H groups in total. The van der Waals surface area contributed by atoms with Gasteiger partial charge >= 0.3 is 0 Å². The highest BCUT2D eigenvalue weighted by molar-refractivity contribution is 7.88. The van der Waals surface area contributed by atoms with Crippen LogP contribution in [0.25, 0.3) is 0 Å². The van der Waals surface area contributed by atoms with Gasteiger partial charge in [0.25, 0.3) is 0 Å². The molecule has 0 radical (unpaired) electrons. The molecule has 0 aliphatic heterocycles. The highest BCUT2D eigenvalue weighted by atomic mass is 32.2. The largest absolute Gasteiger partial charge is 0.327 e. The van der Waals surface area contributed by atoms with Gasteiger partial charge in [0.1, 0.15) is 5.82 Å². The fourth-order valence-corrected chi connectivity index (χ4v) is 2.29. The molecular formula is C11H15FN2O2S. The zero-order chi connectivity index (χ0) is 12.7. The lowest BCUT2D eigenvalue weighted by Gasteiger charge is -2.04. The molecule has 17 heavy (non-hydrogen) atoms. The van der Waals surface area contributed by atoms with Crippen LogP contribution in [0.4, 0.5) is 4.39 Å². The second-order valence-electron chi connectivity index (χ2n) is 3.44. The lowest BCUT2D eigenvalue weighted by molar-refractivity contribution is 0.584. The highest BCUT2D eigenvalue weighted by Gasteiger charge is 2.09. The predicted molar refractivity (Wildman–Crippen MR) is 65.2 cm³/mol. The van der Waals surface area contributed by atoms with Gasteiger partial charge in [-0.25, -0.2) is 17.5 Å². The smallest absolute Gasteiger partial charge is 0.216 e. The molecule has 94 valence electrons. The van der Waals surface area contributed by atoms with E-state index in [-0.39, 0.29) is 18.1 Å². The fourth-order valence-electron chi connectivity index (χ4n) is 1.21. The Morgan fingerprint density at radius 3 is 2.47 bits per heavy atom. The molecule has 0 heterocycles. The molecule has 1 rings (SSSR count). The summed E-state index contributed by atoms with van der Waals surface area (Å²) < 4.78 is 38.2. The minimum Gasteiger partial charge on any atom is -0.327 e. The van der Waals surface area contributed by atoms with Crippen molar-refractivity contribution in [3.05, 3.63) is 47.8 Å². The van der Waals surface area contributed by atoms with E-state index in [0.717, 1.165) is 0 Å². The molecule has 0 saturated carbocycles. The molecule has 4 nitrogen and oxygen atoms in total. The van der Waals surface area contributed by atoms with Crippen LogP contribution in [0.5, 0.6) is 0 Å². The molecule has 0 saturated heterocycles. The average Bonchev–Trinajstić information content (AvgIpc) is 2.27. The highest BCUT2D eigenvalue weighted by Crippen LogP contribution is 2.06. The third-order valence-electron chi connectivity index (χ3n) is 1.99. The molecule has 0 aromatic heterocycles. The summed E-state index contributed by atoms with van der Waals surface area (Å²) in [6.07, 6.45) is 3.31. The van der Waals surface area contributed by atoms with Gasteiger partial charge in [-0.05, 0) is 17.7 Å². The van der Waals surface area contributed by atoms with Crippen LogP contribution in [0.15, 0.2) is 36.4 Å². The quantitative estimate of drug-likeness (QED) is 0.740. The minimum absolute atomic E-state index is 0.163. The van der Waals surface area contributed by atoms with E-state index in [1.807, 2.05) is 0 Å². The average molecular weight is 258 g/mol. The molecule has 0 unspecified atom stereocenters. The summed E-state index contributed by atoms with van der Waals surface area (Å²) in [5.41, 5.74) is 5.76. The van der Waals surface area contributed by atoms with Gasteiger partial charge in [-0.3, -0.25) is 0 Å². The first-order valence-electron chi connectivity index (χ1n) is 5.10. The topological polar surface area (TPSA) is 72.2 Å². The molecule has 6 heteroatoms. The van der Waals surface area contributed by atoms with Crippen molar-refractivity contribution in [3.63, 3.8) is 0 Å². The first-order valence-corrected chi connectivity index (χ1v) is 6.75. The molecule has 0 atom stereocenters. The maximum Gasteiger partial charge on any atom is 0.216 e. The summed E-state index contributed by atoms with van der Waals surface area (Å²) in [7, 11) is -3.39. The molecule has 1 aromatic carbocycles. The van der Waals surface area contributed by atoms with E-state index in [4.69, 9.17) is 5.73 Å². The van der Waals surface area contributed by atoms with Crippen LogP contribution in [-0.4, -0.2) is 21.5 Å². The van der Waals surface area contributed by atoms with Crippen LogP contribution in [0.2, 0.25) is 0 Å². The van der Waals surface area contributed by atoms with E-state index < -0.39 is 10.0 Å². The molecule has 0 spiro atoms. The third-order valence-corrected chi connectivity index (χ3v) is 3.31. The summed E-state index contributed by atoms with van der Waals surface area (Å²) in [6, 6.07) is 5.37. The van der Waals surface area contributed by atoms with Crippen LogP contribution in [0, 0.1) is 5.82 Å². The monoisotopic (exact) mass is 258 g/mol. The Kier molecular flexibility index (Phi) is 5.27. The lowest BCUT2D eigenvalue weighted by atomic mass is 10.2. The van der Waals surface area contributed by atoms with Crippen molar-refractivity contribution in [2.75, 3.05) is 13.1 Å². The molecule has 0 fully saturated rings. The fraction of sp³-hybridized carbons (Fsp3) is 0.273. The SMILES string of the molecule is NC/C=C/CNS(=O)(=O)Cc1ccc(F)cc1. The van der Waals surface area contributed by atoms with E-state index in [1.165, 1.54) is 24.3 Å². The first-order chi connectivity index (χ1) is 8.03. The molecular weight excluding hydrogens is 243 g/mol. The molecule has 0 aliphatic carbocycles. The van der Waals surface area contributed by atoms with Gasteiger partial charge in [0.15, 0.2) is 0 Å². The van der Waals surface area contributed by atoms with E-state index in [2.05, 4.69) is 4.72 Å². The van der Waals surface area contributed by atoms with Crippen molar-refractivity contribution in [2.45, 2.75) is 5.75 Å². The standard InChI is InChI=1S/C11H15FN2O2S/c12-11-5-3-10(4-6-11)9-17(15,16)14-8-2-1-7-13/h1-6,14H,7-9,13H2/b2-1+.